The second-order valence-electron chi connectivity index (χ2n) is 4.65. The summed E-state index contributed by atoms with van der Waals surface area (Å²) in [6.45, 7) is 7.17. The van der Waals surface area contributed by atoms with Crippen molar-refractivity contribution in [1.82, 2.24) is 9.78 Å². The van der Waals surface area contributed by atoms with Gasteiger partial charge in [0.2, 0.25) is 0 Å². The minimum absolute atomic E-state index is 0.418. The maximum atomic E-state index is 6.29. The molecule has 0 radical (unpaired) electrons. The van der Waals surface area contributed by atoms with E-state index in [-0.39, 0.29) is 0 Å². The number of rotatable bonds is 6. The number of hydrogen-bond donors (Lipinski definition) is 1. The van der Waals surface area contributed by atoms with Crippen molar-refractivity contribution in [3.8, 4) is 0 Å². The molecular weight excluding hydrogens is 238 g/mol. The second kappa shape index (κ2) is 5.85. The largest absolute Gasteiger partial charge is 0.380 e. The molecule has 1 aromatic rings. The molecule has 98 valence electrons. The van der Waals surface area contributed by atoms with Crippen LogP contribution in [0.4, 0.5) is 0 Å². The van der Waals surface area contributed by atoms with E-state index in [1.54, 1.807) is 0 Å². The van der Waals surface area contributed by atoms with Crippen LogP contribution in [0.15, 0.2) is 0 Å². The summed E-state index contributed by atoms with van der Waals surface area (Å²) in [5.41, 5.74) is 7.69. The van der Waals surface area contributed by atoms with E-state index in [2.05, 4.69) is 5.10 Å². The van der Waals surface area contributed by atoms with Gasteiger partial charge in [-0.05, 0) is 20.3 Å². The van der Waals surface area contributed by atoms with Crippen LogP contribution in [-0.4, -0.2) is 28.5 Å². The van der Waals surface area contributed by atoms with Gasteiger partial charge in [0.1, 0.15) is 0 Å². The first-order chi connectivity index (χ1) is 7.91. The molecule has 0 spiro atoms. The normalized spacial score (nSPS) is 14.9. The third-order valence-corrected chi connectivity index (χ3v) is 3.15. The zero-order chi connectivity index (χ0) is 13.1. The average Bonchev–Trinajstić information content (AvgIpc) is 2.53. The van der Waals surface area contributed by atoms with Gasteiger partial charge in [-0.2, -0.15) is 5.10 Å². The quantitative estimate of drug-likeness (QED) is 0.849. The zero-order valence-corrected chi connectivity index (χ0v) is 11.8. The summed E-state index contributed by atoms with van der Waals surface area (Å²) >= 11 is 6.29. The Labute approximate surface area is 108 Å². The van der Waals surface area contributed by atoms with Gasteiger partial charge in [0.05, 0.1) is 23.0 Å². The van der Waals surface area contributed by atoms with E-state index in [1.807, 2.05) is 32.5 Å². The maximum Gasteiger partial charge on any atom is 0.0850 e. The number of ether oxygens (including phenoxy) is 1. The third kappa shape index (κ3) is 3.69. The molecule has 0 fully saturated rings. The van der Waals surface area contributed by atoms with Crippen molar-refractivity contribution in [2.45, 2.75) is 39.2 Å². The average molecular weight is 260 g/mol. The molecule has 0 amide bonds. The molecule has 1 rings (SSSR count). The molecule has 0 aliphatic rings. The highest BCUT2D eigenvalue weighted by Gasteiger charge is 2.24. The molecule has 0 bridgehead atoms. The van der Waals surface area contributed by atoms with E-state index in [0.717, 1.165) is 22.8 Å². The van der Waals surface area contributed by atoms with Crippen LogP contribution in [0.3, 0.4) is 0 Å². The van der Waals surface area contributed by atoms with E-state index in [4.69, 9.17) is 22.1 Å². The molecule has 4 nitrogen and oxygen atoms in total. The first-order valence-electron chi connectivity index (χ1n) is 5.98. The van der Waals surface area contributed by atoms with Gasteiger partial charge in [-0.15, -0.1) is 0 Å². The van der Waals surface area contributed by atoms with Crippen molar-refractivity contribution in [3.63, 3.8) is 0 Å². The van der Waals surface area contributed by atoms with Gasteiger partial charge in [-0.3, -0.25) is 4.68 Å². The van der Waals surface area contributed by atoms with E-state index in [9.17, 15) is 0 Å². The minimum Gasteiger partial charge on any atom is -0.380 e. The Kier molecular flexibility index (Phi) is 4.98. The molecule has 0 aromatic carbocycles. The summed E-state index contributed by atoms with van der Waals surface area (Å²) < 4.78 is 7.20. The summed E-state index contributed by atoms with van der Waals surface area (Å²) in [5, 5.41) is 5.12. The minimum atomic E-state index is -0.418. The fraction of sp³-hybridized carbons (Fsp3) is 0.750. The first-order valence-corrected chi connectivity index (χ1v) is 6.36. The van der Waals surface area contributed by atoms with Gasteiger partial charge in [-0.1, -0.05) is 18.5 Å². The molecule has 5 heteroatoms. The van der Waals surface area contributed by atoms with Crippen molar-refractivity contribution in [3.05, 3.63) is 16.4 Å². The number of halogens is 1. The van der Waals surface area contributed by atoms with Crippen LogP contribution in [0.2, 0.25) is 5.02 Å². The van der Waals surface area contributed by atoms with E-state index in [1.165, 1.54) is 0 Å². The molecule has 1 aromatic heterocycles. The fourth-order valence-electron chi connectivity index (χ4n) is 1.78. The summed E-state index contributed by atoms with van der Waals surface area (Å²) in [4.78, 5) is 0. The van der Waals surface area contributed by atoms with Gasteiger partial charge < -0.3 is 10.5 Å². The Balaban J connectivity index is 2.83. The van der Waals surface area contributed by atoms with Crippen molar-refractivity contribution in [2.75, 3.05) is 13.2 Å². The number of aryl methyl sites for hydroxylation is 2. The Morgan fingerprint density at radius 1 is 1.47 bits per heavy atom. The predicted molar refractivity (Wildman–Crippen MR) is 70.4 cm³/mol. The highest BCUT2D eigenvalue weighted by Crippen LogP contribution is 2.24. The van der Waals surface area contributed by atoms with Crippen molar-refractivity contribution in [1.29, 1.82) is 0 Å². The van der Waals surface area contributed by atoms with E-state index in [0.29, 0.717) is 19.6 Å². The molecule has 1 atom stereocenters. The van der Waals surface area contributed by atoms with Gasteiger partial charge in [0.25, 0.3) is 0 Å². The van der Waals surface area contributed by atoms with Gasteiger partial charge in [0.15, 0.2) is 0 Å². The first kappa shape index (κ1) is 14.5. The second-order valence-corrected chi connectivity index (χ2v) is 5.03. The van der Waals surface area contributed by atoms with Crippen molar-refractivity contribution >= 4 is 11.6 Å². The molecule has 2 N–H and O–H groups in total. The molecule has 0 saturated heterocycles. The Hall–Kier alpha value is -0.580. The lowest BCUT2D eigenvalue weighted by atomic mass is 9.98. The number of hydrogen-bond acceptors (Lipinski definition) is 3. The lowest BCUT2D eigenvalue weighted by Gasteiger charge is -2.24. The van der Waals surface area contributed by atoms with Crippen LogP contribution in [0.25, 0.3) is 0 Å². The number of aromatic nitrogens is 2. The van der Waals surface area contributed by atoms with Crippen LogP contribution in [0, 0.1) is 0 Å². The standard InChI is InChI=1S/C12H22ClN3O/c1-5-9-11(13)10(16(4)15-9)7-12(3,14)8-17-6-2/h5-8,14H2,1-4H3. The Morgan fingerprint density at radius 2 is 2.12 bits per heavy atom. The highest BCUT2D eigenvalue weighted by molar-refractivity contribution is 6.31. The highest BCUT2D eigenvalue weighted by atomic mass is 35.5. The predicted octanol–water partition coefficient (Wildman–Crippen LogP) is 1.93. The SMILES string of the molecule is CCOCC(C)(N)Cc1c(Cl)c(CC)nn1C. The smallest absolute Gasteiger partial charge is 0.0850 e. The summed E-state index contributed by atoms with van der Waals surface area (Å²) in [6, 6.07) is 0. The Bertz CT molecular complexity index is 374. The number of nitrogens with zero attached hydrogens (tertiary/aromatic N) is 2. The molecule has 1 unspecified atom stereocenters. The molecular formula is C12H22ClN3O. The van der Waals surface area contributed by atoms with Crippen LogP contribution in [0.1, 0.15) is 32.2 Å². The zero-order valence-electron chi connectivity index (χ0n) is 11.1. The van der Waals surface area contributed by atoms with Gasteiger partial charge in [0, 0.05) is 25.6 Å². The van der Waals surface area contributed by atoms with Crippen LogP contribution in [-0.2, 0) is 24.6 Å². The van der Waals surface area contributed by atoms with Crippen LogP contribution < -0.4 is 5.73 Å². The summed E-state index contributed by atoms with van der Waals surface area (Å²) in [7, 11) is 1.90. The molecule has 0 aliphatic carbocycles. The lowest BCUT2D eigenvalue weighted by molar-refractivity contribution is 0.101. The third-order valence-electron chi connectivity index (χ3n) is 2.71. The van der Waals surface area contributed by atoms with Crippen LogP contribution >= 0.6 is 11.6 Å². The molecule has 1 heterocycles. The maximum absolute atomic E-state index is 6.29. The van der Waals surface area contributed by atoms with E-state index >= 15 is 0 Å². The summed E-state index contributed by atoms with van der Waals surface area (Å²) in [5.74, 6) is 0. The Morgan fingerprint density at radius 3 is 2.59 bits per heavy atom. The van der Waals surface area contributed by atoms with Crippen molar-refractivity contribution in [2.24, 2.45) is 12.8 Å². The summed E-state index contributed by atoms with van der Waals surface area (Å²) in [6.07, 6.45) is 1.49. The van der Waals surface area contributed by atoms with Crippen LogP contribution in [0.5, 0.6) is 0 Å². The lowest BCUT2D eigenvalue weighted by Crippen LogP contribution is -2.44. The monoisotopic (exact) mass is 259 g/mol. The number of nitrogens with two attached hydrogens (primary N) is 1. The van der Waals surface area contributed by atoms with Gasteiger partial charge in [-0.25, -0.2) is 0 Å². The topological polar surface area (TPSA) is 53.1 Å². The van der Waals surface area contributed by atoms with Crippen molar-refractivity contribution < 1.29 is 4.74 Å². The molecule has 17 heavy (non-hydrogen) atoms. The van der Waals surface area contributed by atoms with Gasteiger partial charge >= 0.3 is 0 Å². The molecule has 0 aliphatic heterocycles. The molecule has 0 saturated carbocycles. The fourth-order valence-corrected chi connectivity index (χ4v) is 2.14. The van der Waals surface area contributed by atoms with E-state index < -0.39 is 5.54 Å².